The van der Waals surface area contributed by atoms with Gasteiger partial charge in [0.05, 0.1) is 0 Å². The molecule has 0 aromatic rings. The number of hydrogen-bond acceptors (Lipinski definition) is 0. The molecule has 1 saturated carbocycles. The van der Waals surface area contributed by atoms with Crippen molar-refractivity contribution in [3.8, 4) is 0 Å². The molecule has 0 saturated heterocycles. The Labute approximate surface area is 62.6 Å². The minimum absolute atomic E-state index is 1.02. The lowest BCUT2D eigenvalue weighted by Crippen LogP contribution is -1.96. The summed E-state index contributed by atoms with van der Waals surface area (Å²) in [6.45, 7) is 0. The fourth-order valence-electron chi connectivity index (χ4n) is 1.92. The molecule has 2 aliphatic carbocycles. The third kappa shape index (κ3) is 1.16. The monoisotopic (exact) mass is 134 g/mol. The normalized spacial score (nSPS) is 24.6. The van der Waals surface area contributed by atoms with Crippen LogP contribution in [0.5, 0.6) is 0 Å². The number of rotatable bonds is 2. The Bertz CT molecular complexity index is 168. The number of allylic oxidation sites excluding steroid dienone is 4. The molecule has 0 unspecified atom stereocenters. The summed E-state index contributed by atoms with van der Waals surface area (Å²) < 4.78 is 0. The van der Waals surface area contributed by atoms with Gasteiger partial charge in [-0.25, -0.2) is 0 Å². The van der Waals surface area contributed by atoms with E-state index in [0.717, 1.165) is 5.92 Å². The molecule has 1 fully saturated rings. The van der Waals surface area contributed by atoms with Crippen molar-refractivity contribution in [1.82, 2.24) is 0 Å². The Morgan fingerprint density at radius 3 is 2.50 bits per heavy atom. The lowest BCUT2D eigenvalue weighted by atomic mass is 9.94. The van der Waals surface area contributed by atoms with Crippen molar-refractivity contribution in [3.05, 3.63) is 23.8 Å². The summed E-state index contributed by atoms with van der Waals surface area (Å²) in [4.78, 5) is 0. The summed E-state index contributed by atoms with van der Waals surface area (Å²) in [6.07, 6.45) is 13.9. The molecular weight excluding hydrogens is 120 g/mol. The predicted octanol–water partition coefficient (Wildman–Crippen LogP) is 3.06. The fourth-order valence-corrected chi connectivity index (χ4v) is 1.92. The van der Waals surface area contributed by atoms with Gasteiger partial charge in [0, 0.05) is 0 Å². The van der Waals surface area contributed by atoms with Crippen LogP contribution in [0.4, 0.5) is 0 Å². The minimum atomic E-state index is 1.02. The Morgan fingerprint density at radius 1 is 1.30 bits per heavy atom. The van der Waals surface area contributed by atoms with Gasteiger partial charge >= 0.3 is 0 Å². The molecule has 2 rings (SSSR count). The van der Waals surface area contributed by atoms with Crippen LogP contribution in [0.3, 0.4) is 0 Å². The van der Waals surface area contributed by atoms with Gasteiger partial charge in [0.25, 0.3) is 0 Å². The highest BCUT2D eigenvalue weighted by Gasteiger charge is 2.16. The molecule has 0 aromatic carbocycles. The zero-order chi connectivity index (χ0) is 6.81. The van der Waals surface area contributed by atoms with Gasteiger partial charge in [-0.2, -0.15) is 0 Å². The van der Waals surface area contributed by atoms with Gasteiger partial charge in [0.2, 0.25) is 0 Å². The summed E-state index contributed by atoms with van der Waals surface area (Å²) in [7, 11) is 0. The van der Waals surface area contributed by atoms with E-state index in [1.54, 1.807) is 5.57 Å². The van der Waals surface area contributed by atoms with E-state index >= 15 is 0 Å². The van der Waals surface area contributed by atoms with E-state index in [0.29, 0.717) is 0 Å². The molecule has 0 amide bonds. The van der Waals surface area contributed by atoms with Crippen molar-refractivity contribution in [2.45, 2.75) is 32.1 Å². The smallest absolute Gasteiger partial charge is 0.0250 e. The van der Waals surface area contributed by atoms with Crippen molar-refractivity contribution in [3.63, 3.8) is 0 Å². The van der Waals surface area contributed by atoms with Crippen molar-refractivity contribution < 1.29 is 0 Å². The van der Waals surface area contributed by atoms with Crippen LogP contribution in [0.1, 0.15) is 32.1 Å². The molecule has 0 aliphatic heterocycles. The second-order valence-electron chi connectivity index (χ2n) is 3.46. The molecule has 0 N–H and O–H groups in total. The fraction of sp³-hybridized carbons (Fsp3) is 0.600. The summed E-state index contributed by atoms with van der Waals surface area (Å²) in [6, 6.07) is 0. The average molecular weight is 134 g/mol. The third-order valence-electron chi connectivity index (χ3n) is 2.62. The van der Waals surface area contributed by atoms with Crippen LogP contribution < -0.4 is 0 Å². The van der Waals surface area contributed by atoms with Crippen molar-refractivity contribution in [1.29, 1.82) is 0 Å². The molecule has 0 heteroatoms. The summed E-state index contributed by atoms with van der Waals surface area (Å²) in [5.41, 5.74) is 1.58. The molecule has 0 heterocycles. The lowest BCUT2D eigenvalue weighted by molar-refractivity contribution is 0.547. The highest BCUT2D eigenvalue weighted by Crippen LogP contribution is 2.31. The maximum absolute atomic E-state index is 2.25. The number of hydrogen-bond donors (Lipinski definition) is 0. The molecule has 0 nitrogen and oxygen atoms in total. The third-order valence-corrected chi connectivity index (χ3v) is 2.62. The molecule has 0 bridgehead atoms. The van der Waals surface area contributed by atoms with Gasteiger partial charge in [0.1, 0.15) is 0 Å². The molecule has 2 aliphatic rings. The zero-order valence-corrected chi connectivity index (χ0v) is 6.34. The maximum atomic E-state index is 2.25. The van der Waals surface area contributed by atoms with E-state index in [4.69, 9.17) is 0 Å². The van der Waals surface area contributed by atoms with Crippen molar-refractivity contribution >= 4 is 0 Å². The van der Waals surface area contributed by atoms with E-state index in [-0.39, 0.29) is 0 Å². The Morgan fingerprint density at radius 2 is 2.00 bits per heavy atom. The maximum Gasteiger partial charge on any atom is -0.0250 e. The first-order valence-corrected chi connectivity index (χ1v) is 4.32. The molecule has 0 atom stereocenters. The largest absolute Gasteiger partial charge is 0.0617 e. The van der Waals surface area contributed by atoms with Crippen LogP contribution in [0.2, 0.25) is 0 Å². The van der Waals surface area contributed by atoms with Crippen molar-refractivity contribution in [2.75, 3.05) is 0 Å². The van der Waals surface area contributed by atoms with E-state index < -0.39 is 0 Å². The van der Waals surface area contributed by atoms with Crippen molar-refractivity contribution in [2.24, 2.45) is 5.92 Å². The molecule has 54 valence electrons. The summed E-state index contributed by atoms with van der Waals surface area (Å²) >= 11 is 0. The first kappa shape index (κ1) is 6.21. The highest BCUT2D eigenvalue weighted by atomic mass is 14.2. The van der Waals surface area contributed by atoms with E-state index in [2.05, 4.69) is 18.2 Å². The molecule has 0 aromatic heterocycles. The Balaban J connectivity index is 1.78. The van der Waals surface area contributed by atoms with Crippen LogP contribution in [0, 0.1) is 5.92 Å². The van der Waals surface area contributed by atoms with Gasteiger partial charge in [-0.1, -0.05) is 43.9 Å². The highest BCUT2D eigenvalue weighted by molar-refractivity contribution is 5.35. The lowest BCUT2D eigenvalue weighted by Gasteiger charge is -2.12. The summed E-state index contributed by atoms with van der Waals surface area (Å²) in [5, 5.41) is 0. The molecule has 0 spiro atoms. The molecule has 10 heavy (non-hydrogen) atoms. The standard InChI is InChI=1S/C10H14/c1-2-5-9(4-1)8-10-6-3-7-10/h3,6-7,9H,1-2,4-5,8H2. The molecular formula is C10H14. The molecule has 0 radical (unpaired) electrons. The van der Waals surface area contributed by atoms with Gasteiger partial charge in [-0.3, -0.25) is 0 Å². The summed E-state index contributed by atoms with van der Waals surface area (Å²) in [5.74, 6) is 1.02. The first-order valence-electron chi connectivity index (χ1n) is 4.32. The van der Waals surface area contributed by atoms with Gasteiger partial charge < -0.3 is 0 Å². The topological polar surface area (TPSA) is 0 Å². The quantitative estimate of drug-likeness (QED) is 0.544. The van der Waals surface area contributed by atoms with E-state index in [9.17, 15) is 0 Å². The Kier molecular flexibility index (Phi) is 1.62. The zero-order valence-electron chi connectivity index (χ0n) is 6.34. The van der Waals surface area contributed by atoms with Gasteiger partial charge in [-0.15, -0.1) is 0 Å². The van der Waals surface area contributed by atoms with Crippen LogP contribution >= 0.6 is 0 Å². The van der Waals surface area contributed by atoms with Gasteiger partial charge in [-0.05, 0) is 17.9 Å². The predicted molar refractivity (Wildman–Crippen MR) is 43.8 cm³/mol. The Hall–Kier alpha value is -0.520. The average Bonchev–Trinajstić information content (AvgIpc) is 2.29. The van der Waals surface area contributed by atoms with Crippen LogP contribution in [-0.2, 0) is 0 Å². The van der Waals surface area contributed by atoms with E-state index in [1.165, 1.54) is 32.1 Å². The van der Waals surface area contributed by atoms with Crippen LogP contribution in [0.25, 0.3) is 0 Å². The van der Waals surface area contributed by atoms with E-state index in [1.807, 2.05) is 0 Å². The van der Waals surface area contributed by atoms with Crippen LogP contribution in [0.15, 0.2) is 23.8 Å². The first-order chi connectivity index (χ1) is 4.95. The SMILES string of the molecule is C1=CC(CC2CCCC2)=C1. The second-order valence-corrected chi connectivity index (χ2v) is 3.46. The second kappa shape index (κ2) is 2.61. The van der Waals surface area contributed by atoms with Gasteiger partial charge in [0.15, 0.2) is 0 Å². The minimum Gasteiger partial charge on any atom is -0.0617 e. The van der Waals surface area contributed by atoms with Crippen LogP contribution in [-0.4, -0.2) is 0 Å².